The van der Waals surface area contributed by atoms with E-state index in [9.17, 15) is 13.2 Å². The van der Waals surface area contributed by atoms with E-state index >= 15 is 0 Å². The van der Waals surface area contributed by atoms with Crippen molar-refractivity contribution in [2.24, 2.45) is 5.90 Å². The molecule has 0 aromatic heterocycles. The Balaban J connectivity index is 2.99. The van der Waals surface area contributed by atoms with Gasteiger partial charge in [0, 0.05) is 5.75 Å². The zero-order valence-electron chi connectivity index (χ0n) is 5.98. The van der Waals surface area contributed by atoms with E-state index in [1.807, 2.05) is 0 Å². The second-order valence-electron chi connectivity index (χ2n) is 2.04. The topological polar surface area (TPSA) is 86.5 Å². The summed E-state index contributed by atoms with van der Waals surface area (Å²) < 4.78 is 21.1. The van der Waals surface area contributed by atoms with Crippen molar-refractivity contribution in [2.75, 3.05) is 5.75 Å². The predicted molar refractivity (Wildman–Crippen MR) is 44.7 cm³/mol. The number of thioether (sulfide) groups is 1. The fourth-order valence-corrected chi connectivity index (χ4v) is 2.92. The molecule has 2 N–H and O–H groups in total. The molecule has 1 heterocycles. The van der Waals surface area contributed by atoms with Gasteiger partial charge in [-0.25, -0.2) is 13.2 Å². The van der Waals surface area contributed by atoms with Crippen LogP contribution in [0.2, 0.25) is 0 Å². The molecule has 0 amide bonds. The average molecular weight is 209 g/mol. The van der Waals surface area contributed by atoms with Gasteiger partial charge in [0.2, 0.25) is 0 Å². The molecule has 0 spiro atoms. The van der Waals surface area contributed by atoms with Gasteiger partial charge in [0.1, 0.15) is 4.91 Å². The normalized spacial score (nSPS) is 17.2. The van der Waals surface area contributed by atoms with Crippen LogP contribution in [-0.2, 0) is 20.3 Å². The third-order valence-electron chi connectivity index (χ3n) is 1.36. The second kappa shape index (κ2) is 3.92. The SMILES string of the molecule is NOC(=O)C1=C([SH](=O)=O)CCS1. The predicted octanol–water partition coefficient (Wildman–Crippen LogP) is -0.637. The molecular weight excluding hydrogens is 202 g/mol. The van der Waals surface area contributed by atoms with Gasteiger partial charge in [0.05, 0.1) is 4.91 Å². The van der Waals surface area contributed by atoms with Crippen molar-refractivity contribution >= 4 is 28.4 Å². The van der Waals surface area contributed by atoms with Gasteiger partial charge in [0.25, 0.3) is 0 Å². The largest absolute Gasteiger partial charge is 0.369 e. The van der Waals surface area contributed by atoms with Crippen LogP contribution >= 0.6 is 11.8 Å². The van der Waals surface area contributed by atoms with Gasteiger partial charge in [-0.2, -0.15) is 5.90 Å². The molecule has 0 aromatic carbocycles. The zero-order valence-corrected chi connectivity index (χ0v) is 7.69. The number of allylic oxidation sites excluding steroid dienone is 1. The molecule has 12 heavy (non-hydrogen) atoms. The Morgan fingerprint density at radius 1 is 1.58 bits per heavy atom. The zero-order chi connectivity index (χ0) is 9.14. The standard InChI is InChI=1S/C5H7NO4S2/c6-10-5(7)4-3(12(8)9)1-2-11-4/h12H,1-2,6H2. The Bertz CT molecular complexity index is 299. The van der Waals surface area contributed by atoms with Crippen molar-refractivity contribution in [2.45, 2.75) is 6.42 Å². The molecule has 0 fully saturated rings. The van der Waals surface area contributed by atoms with E-state index in [-0.39, 0.29) is 9.81 Å². The first-order valence-corrected chi connectivity index (χ1v) is 5.24. The lowest BCUT2D eigenvalue weighted by molar-refractivity contribution is -0.138. The number of carbonyl (C=O) groups is 1. The van der Waals surface area contributed by atoms with Gasteiger partial charge in [-0.05, 0) is 6.42 Å². The molecule has 1 aliphatic rings. The highest BCUT2D eigenvalue weighted by atomic mass is 32.2. The van der Waals surface area contributed by atoms with Gasteiger partial charge < -0.3 is 4.84 Å². The number of thiol groups is 1. The third-order valence-corrected chi connectivity index (χ3v) is 3.51. The lowest BCUT2D eigenvalue weighted by Crippen LogP contribution is -2.11. The van der Waals surface area contributed by atoms with Crippen LogP contribution in [-0.4, -0.2) is 20.1 Å². The van der Waals surface area contributed by atoms with Gasteiger partial charge >= 0.3 is 5.97 Å². The van der Waals surface area contributed by atoms with Gasteiger partial charge in [-0.3, -0.25) is 0 Å². The minimum atomic E-state index is -2.68. The molecule has 0 saturated carbocycles. The van der Waals surface area contributed by atoms with E-state index in [4.69, 9.17) is 0 Å². The lowest BCUT2D eigenvalue weighted by atomic mass is 10.4. The molecule has 68 valence electrons. The van der Waals surface area contributed by atoms with Crippen molar-refractivity contribution < 1.29 is 18.0 Å². The van der Waals surface area contributed by atoms with E-state index in [0.29, 0.717) is 12.2 Å². The summed E-state index contributed by atoms with van der Waals surface area (Å²) in [7, 11) is -2.68. The maximum absolute atomic E-state index is 10.8. The smallest absolute Gasteiger partial charge is 0.364 e. The highest BCUT2D eigenvalue weighted by Gasteiger charge is 2.24. The number of rotatable bonds is 2. The Morgan fingerprint density at radius 2 is 2.25 bits per heavy atom. The molecule has 0 aromatic rings. The van der Waals surface area contributed by atoms with Crippen LogP contribution in [0.1, 0.15) is 6.42 Å². The first kappa shape index (κ1) is 9.56. The molecule has 1 aliphatic heterocycles. The van der Waals surface area contributed by atoms with Crippen molar-refractivity contribution in [3.8, 4) is 0 Å². The van der Waals surface area contributed by atoms with Crippen molar-refractivity contribution in [1.29, 1.82) is 0 Å². The van der Waals surface area contributed by atoms with Crippen LogP contribution in [0.5, 0.6) is 0 Å². The first-order valence-electron chi connectivity index (χ1n) is 3.08. The molecule has 5 nitrogen and oxygen atoms in total. The number of hydrogen-bond acceptors (Lipinski definition) is 6. The van der Waals surface area contributed by atoms with Gasteiger partial charge in [-0.15, -0.1) is 11.8 Å². The van der Waals surface area contributed by atoms with Gasteiger partial charge in [-0.1, -0.05) is 0 Å². The molecular formula is C5H7NO4S2. The summed E-state index contributed by atoms with van der Waals surface area (Å²) >= 11 is 1.15. The molecule has 0 bridgehead atoms. The first-order chi connectivity index (χ1) is 5.66. The van der Waals surface area contributed by atoms with Crippen LogP contribution in [0.25, 0.3) is 0 Å². The van der Waals surface area contributed by atoms with E-state index in [1.54, 1.807) is 0 Å². The van der Waals surface area contributed by atoms with E-state index in [0.717, 1.165) is 11.8 Å². The highest BCUT2D eigenvalue weighted by Crippen LogP contribution is 2.32. The maximum atomic E-state index is 10.8. The fourth-order valence-electron chi connectivity index (χ4n) is 0.851. The van der Waals surface area contributed by atoms with Crippen LogP contribution in [0.4, 0.5) is 0 Å². The Labute approximate surface area is 74.9 Å². The minimum absolute atomic E-state index is 0.119. The van der Waals surface area contributed by atoms with E-state index < -0.39 is 16.7 Å². The summed E-state index contributed by atoms with van der Waals surface area (Å²) in [6, 6.07) is 0. The molecule has 0 atom stereocenters. The molecule has 0 saturated heterocycles. The highest BCUT2D eigenvalue weighted by molar-refractivity contribution is 8.04. The minimum Gasteiger partial charge on any atom is -0.369 e. The summed E-state index contributed by atoms with van der Waals surface area (Å²) in [5, 5.41) is 0. The summed E-state index contributed by atoms with van der Waals surface area (Å²) in [4.78, 5) is 15.0. The van der Waals surface area contributed by atoms with Crippen molar-refractivity contribution in [3.05, 3.63) is 9.81 Å². The van der Waals surface area contributed by atoms with Crippen molar-refractivity contribution in [1.82, 2.24) is 0 Å². The quantitative estimate of drug-likeness (QED) is 0.465. The molecule has 0 unspecified atom stereocenters. The maximum Gasteiger partial charge on any atom is 0.364 e. The Kier molecular flexibility index (Phi) is 3.12. The average Bonchev–Trinajstić information content (AvgIpc) is 2.50. The number of hydrogen-bond donors (Lipinski definition) is 2. The van der Waals surface area contributed by atoms with E-state index in [2.05, 4.69) is 10.7 Å². The summed E-state index contributed by atoms with van der Waals surface area (Å²) in [6.45, 7) is 0. The monoisotopic (exact) mass is 209 g/mol. The van der Waals surface area contributed by atoms with E-state index in [1.165, 1.54) is 0 Å². The van der Waals surface area contributed by atoms with Crippen LogP contribution in [0, 0.1) is 0 Å². The van der Waals surface area contributed by atoms with Crippen LogP contribution in [0.15, 0.2) is 9.81 Å². The molecule has 0 aliphatic carbocycles. The third kappa shape index (κ3) is 1.79. The second-order valence-corrected chi connectivity index (χ2v) is 4.20. The number of nitrogens with two attached hydrogens (primary N) is 1. The molecule has 0 radical (unpaired) electrons. The summed E-state index contributed by atoms with van der Waals surface area (Å²) in [5.74, 6) is 4.44. The van der Waals surface area contributed by atoms with Crippen LogP contribution < -0.4 is 5.90 Å². The molecule has 1 rings (SSSR count). The Morgan fingerprint density at radius 3 is 2.75 bits per heavy atom. The molecule has 7 heteroatoms. The Hall–Kier alpha value is -0.530. The van der Waals surface area contributed by atoms with Crippen molar-refractivity contribution in [3.63, 3.8) is 0 Å². The lowest BCUT2D eigenvalue weighted by Gasteiger charge is -1.96. The van der Waals surface area contributed by atoms with Crippen LogP contribution in [0.3, 0.4) is 0 Å². The summed E-state index contributed by atoms with van der Waals surface area (Å²) in [5.41, 5.74) is 0. The fraction of sp³-hybridized carbons (Fsp3) is 0.400. The van der Waals surface area contributed by atoms with Gasteiger partial charge in [0.15, 0.2) is 10.7 Å². The summed E-state index contributed by atoms with van der Waals surface area (Å²) in [6.07, 6.45) is 0.383. The number of carbonyl (C=O) groups excluding carboxylic acids is 1.